The number of rotatable bonds is 9. The van der Waals surface area contributed by atoms with Gasteiger partial charge in [-0.3, -0.25) is 0 Å². The van der Waals surface area contributed by atoms with Gasteiger partial charge in [0.2, 0.25) is 0 Å². The van der Waals surface area contributed by atoms with Crippen molar-refractivity contribution in [3.05, 3.63) is 85.5 Å². The lowest BCUT2D eigenvalue weighted by Gasteiger charge is -2.07. The molecule has 32 heavy (non-hydrogen) atoms. The number of hydrogen-bond acceptors (Lipinski definition) is 8. The average Bonchev–Trinajstić information content (AvgIpc) is 2.81. The van der Waals surface area contributed by atoms with E-state index in [4.69, 9.17) is 9.47 Å². The summed E-state index contributed by atoms with van der Waals surface area (Å²) < 4.78 is 18.5. The van der Waals surface area contributed by atoms with Crippen molar-refractivity contribution in [3.8, 4) is 0 Å². The van der Waals surface area contributed by atoms with Crippen molar-refractivity contribution in [2.24, 2.45) is 0 Å². The van der Waals surface area contributed by atoms with Crippen molar-refractivity contribution in [1.29, 1.82) is 0 Å². The van der Waals surface area contributed by atoms with Crippen LogP contribution in [-0.2, 0) is 28.5 Å². The van der Waals surface area contributed by atoms with Gasteiger partial charge in [-0.1, -0.05) is 50.6 Å². The minimum absolute atomic E-state index is 0.0921. The third kappa shape index (κ3) is 14.1. The highest BCUT2D eigenvalue weighted by Gasteiger charge is 2.18. The molecule has 174 valence electrons. The zero-order valence-corrected chi connectivity index (χ0v) is 18.8. The van der Waals surface area contributed by atoms with Gasteiger partial charge in [0.05, 0.1) is 24.8 Å². The van der Waals surface area contributed by atoms with Crippen molar-refractivity contribution in [3.63, 3.8) is 0 Å². The third-order valence-corrected chi connectivity index (χ3v) is 3.02. The fourth-order valence-electron chi connectivity index (χ4n) is 1.64. The minimum Gasteiger partial charge on any atom is -0.466 e. The Morgan fingerprint density at radius 2 is 1.31 bits per heavy atom. The predicted molar refractivity (Wildman–Crippen MR) is 121 cm³/mol. The maximum atomic E-state index is 11.7. The maximum absolute atomic E-state index is 11.7. The molecule has 0 fully saturated rings. The zero-order chi connectivity index (χ0) is 24.9. The van der Waals surface area contributed by atoms with Crippen LogP contribution in [0.2, 0.25) is 0 Å². The monoisotopic (exact) mass is 446 g/mol. The molecule has 8 heteroatoms. The molecule has 0 saturated heterocycles. The third-order valence-electron chi connectivity index (χ3n) is 3.02. The Morgan fingerprint density at radius 1 is 0.875 bits per heavy atom. The standard InChI is InChI=1S/C14H14O4.2C5H8O2/c1-3-9-17-13(15)11-7-5-6-8-12(11)14(16)18-10-4-2;1-4(2)5(6)7-3;1-3-5(6)7-4-2/h3-8H,1-2,9-10H2;1H2,2-3H3;3H,1,4H2,2H3. The molecule has 0 aliphatic rings. The number of carbonyl (C=O) groups excluding carboxylic acids is 4. The summed E-state index contributed by atoms with van der Waals surface area (Å²) in [4.78, 5) is 43.7. The number of esters is 4. The van der Waals surface area contributed by atoms with E-state index in [-0.39, 0.29) is 36.3 Å². The Hall–Kier alpha value is -3.94. The summed E-state index contributed by atoms with van der Waals surface area (Å²) in [7, 11) is 1.33. The van der Waals surface area contributed by atoms with Gasteiger partial charge in [0.1, 0.15) is 13.2 Å². The van der Waals surface area contributed by atoms with E-state index in [0.717, 1.165) is 6.08 Å². The SMILES string of the molecule is C=C(C)C(=O)OC.C=CC(=O)OCC.C=CCOC(=O)c1ccccc1C(=O)OCC=C. The molecule has 0 heterocycles. The van der Waals surface area contributed by atoms with E-state index in [0.29, 0.717) is 12.2 Å². The number of hydrogen-bond donors (Lipinski definition) is 0. The Balaban J connectivity index is 0. The van der Waals surface area contributed by atoms with Crippen LogP contribution in [0.5, 0.6) is 0 Å². The van der Waals surface area contributed by atoms with Gasteiger partial charge < -0.3 is 18.9 Å². The number of ether oxygens (including phenoxy) is 4. The van der Waals surface area contributed by atoms with Gasteiger partial charge in [-0.05, 0) is 26.0 Å². The fourth-order valence-corrected chi connectivity index (χ4v) is 1.64. The second-order valence-electron chi connectivity index (χ2n) is 5.55. The van der Waals surface area contributed by atoms with Crippen LogP contribution >= 0.6 is 0 Å². The predicted octanol–water partition coefficient (Wildman–Crippen LogP) is 3.84. The van der Waals surface area contributed by atoms with Crippen molar-refractivity contribution in [1.82, 2.24) is 0 Å². The molecule has 0 bridgehead atoms. The van der Waals surface area contributed by atoms with E-state index in [2.05, 4.69) is 35.8 Å². The Bertz CT molecular complexity index is 763. The van der Waals surface area contributed by atoms with E-state index < -0.39 is 11.9 Å². The van der Waals surface area contributed by atoms with Gasteiger partial charge in [-0.15, -0.1) is 0 Å². The zero-order valence-electron chi connectivity index (χ0n) is 18.8. The summed E-state index contributed by atoms with van der Waals surface area (Å²) in [5, 5.41) is 0. The van der Waals surface area contributed by atoms with Gasteiger partial charge in [-0.25, -0.2) is 19.2 Å². The fraction of sp³-hybridized carbons (Fsp3) is 0.250. The number of benzene rings is 1. The molecule has 0 unspecified atom stereocenters. The molecule has 0 aliphatic carbocycles. The smallest absolute Gasteiger partial charge is 0.339 e. The van der Waals surface area contributed by atoms with Gasteiger partial charge in [0, 0.05) is 11.6 Å². The lowest BCUT2D eigenvalue weighted by atomic mass is 10.1. The highest BCUT2D eigenvalue weighted by Crippen LogP contribution is 2.12. The van der Waals surface area contributed by atoms with Crippen molar-refractivity contribution < 1.29 is 38.1 Å². The first kappa shape index (κ1) is 30.3. The number of carbonyl (C=O) groups is 4. The Kier molecular flexibility index (Phi) is 18.0. The van der Waals surface area contributed by atoms with Gasteiger partial charge >= 0.3 is 23.9 Å². The molecule has 1 aromatic carbocycles. The van der Waals surface area contributed by atoms with Crippen LogP contribution in [0.4, 0.5) is 0 Å². The molecular formula is C24H30O8. The molecule has 0 aliphatic heterocycles. The van der Waals surface area contributed by atoms with Gasteiger partial charge in [0.15, 0.2) is 0 Å². The molecule has 0 saturated carbocycles. The minimum atomic E-state index is -0.582. The summed E-state index contributed by atoms with van der Waals surface area (Å²) in [6.45, 7) is 17.4. The molecule has 0 spiro atoms. The van der Waals surface area contributed by atoms with E-state index in [1.54, 1.807) is 26.0 Å². The van der Waals surface area contributed by atoms with Crippen LogP contribution in [0.1, 0.15) is 34.6 Å². The highest BCUT2D eigenvalue weighted by molar-refractivity contribution is 6.03. The summed E-state index contributed by atoms with van der Waals surface area (Å²) in [6, 6.07) is 6.31. The second-order valence-corrected chi connectivity index (χ2v) is 5.55. The van der Waals surface area contributed by atoms with E-state index in [1.165, 1.54) is 31.4 Å². The summed E-state index contributed by atoms with van der Waals surface area (Å²) >= 11 is 0. The topological polar surface area (TPSA) is 105 Å². The molecule has 0 aromatic heterocycles. The molecule has 8 nitrogen and oxygen atoms in total. The van der Waals surface area contributed by atoms with Crippen LogP contribution in [-0.4, -0.2) is 50.8 Å². The first-order valence-corrected chi connectivity index (χ1v) is 9.38. The molecule has 0 amide bonds. The molecule has 0 N–H and O–H groups in total. The van der Waals surface area contributed by atoms with E-state index >= 15 is 0 Å². The first-order chi connectivity index (χ1) is 15.2. The van der Waals surface area contributed by atoms with Gasteiger partial charge in [0.25, 0.3) is 0 Å². The molecule has 1 aromatic rings. The Labute approximate surface area is 188 Å². The van der Waals surface area contributed by atoms with Crippen LogP contribution in [0.15, 0.2) is 74.4 Å². The second kappa shape index (κ2) is 19.0. The molecular weight excluding hydrogens is 416 g/mol. The molecule has 0 atom stereocenters. The average molecular weight is 446 g/mol. The lowest BCUT2D eigenvalue weighted by molar-refractivity contribution is -0.137. The van der Waals surface area contributed by atoms with Crippen LogP contribution in [0, 0.1) is 0 Å². The van der Waals surface area contributed by atoms with Crippen molar-refractivity contribution in [2.45, 2.75) is 13.8 Å². The molecule has 1 rings (SSSR count). The van der Waals surface area contributed by atoms with Crippen LogP contribution < -0.4 is 0 Å². The molecule has 0 radical (unpaired) electrons. The summed E-state index contributed by atoms with van der Waals surface area (Å²) in [6.07, 6.45) is 4.05. The summed E-state index contributed by atoms with van der Waals surface area (Å²) in [5.74, 6) is -1.87. The van der Waals surface area contributed by atoms with Crippen LogP contribution in [0.25, 0.3) is 0 Å². The van der Waals surface area contributed by atoms with Crippen molar-refractivity contribution in [2.75, 3.05) is 26.9 Å². The summed E-state index contributed by atoms with van der Waals surface area (Å²) in [5.41, 5.74) is 0.782. The van der Waals surface area contributed by atoms with Crippen LogP contribution in [0.3, 0.4) is 0 Å². The first-order valence-electron chi connectivity index (χ1n) is 9.38. The van der Waals surface area contributed by atoms with E-state index in [9.17, 15) is 19.2 Å². The highest BCUT2D eigenvalue weighted by atomic mass is 16.5. The largest absolute Gasteiger partial charge is 0.466 e. The van der Waals surface area contributed by atoms with Crippen molar-refractivity contribution >= 4 is 23.9 Å². The number of methoxy groups -OCH3 is 1. The quantitative estimate of drug-likeness (QED) is 0.244. The lowest BCUT2D eigenvalue weighted by Crippen LogP contribution is -2.14. The van der Waals surface area contributed by atoms with Gasteiger partial charge in [-0.2, -0.15) is 0 Å². The van der Waals surface area contributed by atoms with E-state index in [1.807, 2.05) is 0 Å². The Morgan fingerprint density at radius 3 is 1.53 bits per heavy atom. The normalized spacial score (nSPS) is 8.59. The maximum Gasteiger partial charge on any atom is 0.339 e.